The quantitative estimate of drug-likeness (QED) is 0.719. The minimum absolute atomic E-state index is 0.741. The Kier molecular flexibility index (Phi) is 5.31. The standard InChI is InChI=1S/C15H19BrClNO/c1-3-5-11-12-7-10(17)8-13(16)15(12)19-14(11)9-18-6-4-2/h7-8,18H,3-6,9H2,1-2H3. The molecule has 0 unspecified atom stereocenters. The van der Waals surface area contributed by atoms with E-state index < -0.39 is 0 Å². The van der Waals surface area contributed by atoms with Crippen LogP contribution in [-0.2, 0) is 13.0 Å². The lowest BCUT2D eigenvalue weighted by molar-refractivity contribution is 0.506. The Labute approximate surface area is 127 Å². The van der Waals surface area contributed by atoms with Crippen LogP contribution in [0.4, 0.5) is 0 Å². The van der Waals surface area contributed by atoms with Gasteiger partial charge in [-0.2, -0.15) is 0 Å². The zero-order chi connectivity index (χ0) is 13.8. The van der Waals surface area contributed by atoms with Gasteiger partial charge in [0.2, 0.25) is 0 Å². The van der Waals surface area contributed by atoms with E-state index in [0.717, 1.165) is 58.6 Å². The first-order valence-electron chi connectivity index (χ1n) is 6.77. The van der Waals surface area contributed by atoms with Crippen molar-refractivity contribution >= 4 is 38.5 Å². The van der Waals surface area contributed by atoms with E-state index in [4.69, 9.17) is 16.0 Å². The van der Waals surface area contributed by atoms with Gasteiger partial charge in [0.1, 0.15) is 11.3 Å². The maximum absolute atomic E-state index is 6.14. The molecular weight excluding hydrogens is 326 g/mol. The lowest BCUT2D eigenvalue weighted by Crippen LogP contribution is -2.14. The SMILES string of the molecule is CCCNCc1oc2c(Br)cc(Cl)cc2c1CCC. The lowest BCUT2D eigenvalue weighted by atomic mass is 10.1. The molecule has 2 aromatic rings. The van der Waals surface area contributed by atoms with Crippen LogP contribution in [0.1, 0.15) is 38.0 Å². The highest BCUT2D eigenvalue weighted by Gasteiger charge is 2.16. The van der Waals surface area contributed by atoms with Crippen molar-refractivity contribution < 1.29 is 4.42 Å². The van der Waals surface area contributed by atoms with E-state index >= 15 is 0 Å². The van der Waals surface area contributed by atoms with Crippen LogP contribution in [0.25, 0.3) is 11.0 Å². The van der Waals surface area contributed by atoms with Crippen LogP contribution in [0.3, 0.4) is 0 Å². The van der Waals surface area contributed by atoms with Crippen LogP contribution in [0, 0.1) is 0 Å². The van der Waals surface area contributed by atoms with E-state index in [-0.39, 0.29) is 0 Å². The maximum Gasteiger partial charge on any atom is 0.148 e. The third-order valence-electron chi connectivity index (χ3n) is 3.11. The number of benzene rings is 1. The molecular formula is C15H19BrClNO. The van der Waals surface area contributed by atoms with Gasteiger partial charge in [-0.15, -0.1) is 0 Å². The fraction of sp³-hybridized carbons (Fsp3) is 0.467. The average Bonchev–Trinajstić information content (AvgIpc) is 2.70. The molecule has 2 rings (SSSR count). The first-order chi connectivity index (χ1) is 9.17. The molecule has 4 heteroatoms. The molecule has 1 aromatic heterocycles. The zero-order valence-electron chi connectivity index (χ0n) is 11.4. The second-order valence-corrected chi connectivity index (χ2v) is 5.99. The summed E-state index contributed by atoms with van der Waals surface area (Å²) in [5.41, 5.74) is 2.19. The summed E-state index contributed by atoms with van der Waals surface area (Å²) in [6.07, 6.45) is 3.24. The summed E-state index contributed by atoms with van der Waals surface area (Å²) in [7, 11) is 0. The van der Waals surface area contributed by atoms with Gasteiger partial charge in [-0.1, -0.05) is 31.9 Å². The van der Waals surface area contributed by atoms with Crippen molar-refractivity contribution in [2.75, 3.05) is 6.54 Å². The first kappa shape index (κ1) is 14.9. The van der Waals surface area contributed by atoms with Crippen molar-refractivity contribution in [3.63, 3.8) is 0 Å². The molecule has 0 aliphatic carbocycles. The van der Waals surface area contributed by atoms with Gasteiger partial charge in [-0.25, -0.2) is 0 Å². The Morgan fingerprint density at radius 3 is 2.74 bits per heavy atom. The summed E-state index contributed by atoms with van der Waals surface area (Å²) in [5.74, 6) is 1.04. The predicted molar refractivity (Wildman–Crippen MR) is 84.9 cm³/mol. The van der Waals surface area contributed by atoms with Crippen LogP contribution in [0.2, 0.25) is 5.02 Å². The van der Waals surface area contributed by atoms with Gasteiger partial charge in [-0.05, 0) is 47.4 Å². The Morgan fingerprint density at radius 1 is 1.26 bits per heavy atom. The molecule has 1 aromatic carbocycles. The van der Waals surface area contributed by atoms with Crippen molar-refractivity contribution in [2.24, 2.45) is 0 Å². The minimum atomic E-state index is 0.741. The second kappa shape index (κ2) is 6.78. The molecule has 2 nitrogen and oxygen atoms in total. The largest absolute Gasteiger partial charge is 0.458 e. The highest BCUT2D eigenvalue weighted by molar-refractivity contribution is 9.10. The van der Waals surface area contributed by atoms with Crippen LogP contribution in [-0.4, -0.2) is 6.54 Å². The number of fused-ring (bicyclic) bond motifs is 1. The van der Waals surface area contributed by atoms with Crippen molar-refractivity contribution in [1.82, 2.24) is 5.32 Å². The Bertz CT molecular complexity index is 565. The van der Waals surface area contributed by atoms with Gasteiger partial charge in [0.25, 0.3) is 0 Å². The summed E-state index contributed by atoms with van der Waals surface area (Å²) in [4.78, 5) is 0. The molecule has 1 heterocycles. The summed E-state index contributed by atoms with van der Waals surface area (Å²) < 4.78 is 6.94. The molecule has 19 heavy (non-hydrogen) atoms. The van der Waals surface area contributed by atoms with Gasteiger partial charge in [0.15, 0.2) is 0 Å². The van der Waals surface area contributed by atoms with Gasteiger partial charge >= 0.3 is 0 Å². The Morgan fingerprint density at radius 2 is 2.05 bits per heavy atom. The predicted octanol–water partition coefficient (Wildman–Crippen LogP) is 5.30. The summed E-state index contributed by atoms with van der Waals surface area (Å²) >= 11 is 9.67. The third kappa shape index (κ3) is 3.33. The van der Waals surface area contributed by atoms with Crippen LogP contribution < -0.4 is 5.32 Å². The van der Waals surface area contributed by atoms with E-state index in [2.05, 4.69) is 35.1 Å². The smallest absolute Gasteiger partial charge is 0.148 e. The number of furan rings is 1. The molecule has 0 amide bonds. The minimum Gasteiger partial charge on any atom is -0.458 e. The number of hydrogen-bond donors (Lipinski definition) is 1. The highest BCUT2D eigenvalue weighted by Crippen LogP contribution is 2.35. The molecule has 0 bridgehead atoms. The van der Waals surface area contributed by atoms with E-state index in [1.807, 2.05) is 12.1 Å². The summed E-state index contributed by atoms with van der Waals surface area (Å²) in [6.45, 7) is 6.13. The van der Waals surface area contributed by atoms with Crippen molar-refractivity contribution in [3.8, 4) is 0 Å². The van der Waals surface area contributed by atoms with Gasteiger partial charge in [0.05, 0.1) is 11.0 Å². The molecule has 0 saturated carbocycles. The molecule has 0 aliphatic rings. The number of nitrogens with one attached hydrogen (secondary N) is 1. The van der Waals surface area contributed by atoms with Gasteiger partial charge in [-0.3, -0.25) is 0 Å². The third-order valence-corrected chi connectivity index (χ3v) is 3.91. The molecule has 0 radical (unpaired) electrons. The van der Waals surface area contributed by atoms with Crippen molar-refractivity contribution in [3.05, 3.63) is 33.0 Å². The fourth-order valence-electron chi connectivity index (χ4n) is 2.27. The molecule has 0 atom stereocenters. The number of hydrogen-bond acceptors (Lipinski definition) is 2. The molecule has 1 N–H and O–H groups in total. The van der Waals surface area contributed by atoms with Crippen molar-refractivity contribution in [1.29, 1.82) is 0 Å². The van der Waals surface area contributed by atoms with E-state index in [0.29, 0.717) is 0 Å². The fourth-order valence-corrected chi connectivity index (χ4v) is 3.16. The molecule has 0 spiro atoms. The monoisotopic (exact) mass is 343 g/mol. The first-order valence-corrected chi connectivity index (χ1v) is 7.94. The zero-order valence-corrected chi connectivity index (χ0v) is 13.7. The van der Waals surface area contributed by atoms with Gasteiger partial charge in [0, 0.05) is 16.0 Å². The van der Waals surface area contributed by atoms with Crippen molar-refractivity contribution in [2.45, 2.75) is 39.7 Å². The van der Waals surface area contributed by atoms with Crippen LogP contribution in [0.5, 0.6) is 0 Å². The molecule has 0 aliphatic heterocycles. The number of aryl methyl sites for hydroxylation is 1. The topological polar surface area (TPSA) is 25.2 Å². The summed E-state index contributed by atoms with van der Waals surface area (Å²) in [6, 6.07) is 3.88. The Balaban J connectivity index is 2.44. The average molecular weight is 345 g/mol. The highest BCUT2D eigenvalue weighted by atomic mass is 79.9. The van der Waals surface area contributed by atoms with E-state index in [1.54, 1.807) is 0 Å². The van der Waals surface area contributed by atoms with Crippen LogP contribution >= 0.6 is 27.5 Å². The summed E-state index contributed by atoms with van der Waals surface area (Å²) in [5, 5.41) is 5.28. The maximum atomic E-state index is 6.14. The number of halogens is 2. The van der Waals surface area contributed by atoms with E-state index in [1.165, 1.54) is 5.56 Å². The van der Waals surface area contributed by atoms with E-state index in [9.17, 15) is 0 Å². The molecule has 0 fully saturated rings. The van der Waals surface area contributed by atoms with Gasteiger partial charge < -0.3 is 9.73 Å². The molecule has 104 valence electrons. The van der Waals surface area contributed by atoms with Crippen LogP contribution in [0.15, 0.2) is 21.0 Å². The number of rotatable bonds is 6. The normalized spacial score (nSPS) is 11.4. The lowest BCUT2D eigenvalue weighted by Gasteiger charge is -2.03. The second-order valence-electron chi connectivity index (χ2n) is 4.69. The molecule has 0 saturated heterocycles. The Hall–Kier alpha value is -0.510.